The van der Waals surface area contributed by atoms with Crippen LogP contribution in [0.15, 0.2) is 42.5 Å². The van der Waals surface area contributed by atoms with Gasteiger partial charge in [-0.25, -0.2) is 4.39 Å². The maximum Gasteiger partial charge on any atom is 0.233 e. The monoisotopic (exact) mass is 383 g/mol. The van der Waals surface area contributed by atoms with Gasteiger partial charge in [-0.15, -0.1) is 0 Å². The summed E-state index contributed by atoms with van der Waals surface area (Å²) in [5.74, 6) is 1.24. The van der Waals surface area contributed by atoms with Crippen LogP contribution in [0.3, 0.4) is 0 Å². The Hall–Kier alpha value is -2.56. The Kier molecular flexibility index (Phi) is 5.25. The van der Waals surface area contributed by atoms with E-state index in [1.807, 2.05) is 36.1 Å². The molecule has 2 aromatic carbocycles. The van der Waals surface area contributed by atoms with Gasteiger partial charge in [-0.2, -0.15) is 0 Å². The van der Waals surface area contributed by atoms with Crippen LogP contribution in [0.25, 0.3) is 0 Å². The zero-order valence-corrected chi connectivity index (χ0v) is 16.2. The summed E-state index contributed by atoms with van der Waals surface area (Å²) >= 11 is 0. The lowest BCUT2D eigenvalue weighted by Gasteiger charge is -2.35. The first-order valence-corrected chi connectivity index (χ1v) is 10.1. The molecule has 2 aromatic rings. The summed E-state index contributed by atoms with van der Waals surface area (Å²) in [5.41, 5.74) is 1.10. The van der Waals surface area contributed by atoms with Gasteiger partial charge in [0.2, 0.25) is 5.91 Å². The minimum absolute atomic E-state index is 0.0763. The van der Waals surface area contributed by atoms with Gasteiger partial charge in [0.25, 0.3) is 0 Å². The lowest BCUT2D eigenvalue weighted by molar-refractivity contribution is -0.137. The molecule has 1 saturated carbocycles. The molecule has 0 atom stereocenters. The molecule has 5 heteroatoms. The van der Waals surface area contributed by atoms with Gasteiger partial charge in [0, 0.05) is 18.7 Å². The Bertz CT molecular complexity index is 861. The van der Waals surface area contributed by atoms with Gasteiger partial charge in [-0.3, -0.25) is 4.79 Å². The van der Waals surface area contributed by atoms with E-state index in [-0.39, 0.29) is 11.7 Å². The number of halogens is 1. The molecule has 4 nitrogen and oxygen atoms in total. The third kappa shape index (κ3) is 3.34. The minimum atomic E-state index is -0.635. The number of amides is 1. The molecule has 1 heterocycles. The number of fused-ring (bicyclic) bond motifs is 1. The molecule has 0 radical (unpaired) electrons. The van der Waals surface area contributed by atoms with Crippen molar-refractivity contribution in [3.63, 3.8) is 0 Å². The van der Waals surface area contributed by atoms with E-state index >= 15 is 0 Å². The predicted molar refractivity (Wildman–Crippen MR) is 105 cm³/mol. The van der Waals surface area contributed by atoms with Crippen molar-refractivity contribution < 1.29 is 18.7 Å². The number of carbonyl (C=O) groups excluding carboxylic acids is 1. The maximum absolute atomic E-state index is 13.9. The largest absolute Gasteiger partial charge is 0.486 e. The molecule has 4 rings (SSSR count). The number of hydrogen-bond donors (Lipinski definition) is 0. The molecule has 0 saturated heterocycles. The Labute approximate surface area is 165 Å². The molecular weight excluding hydrogens is 357 g/mol. The zero-order valence-electron chi connectivity index (χ0n) is 16.2. The third-order valence-electron chi connectivity index (χ3n) is 5.92. The average Bonchev–Trinajstić information content (AvgIpc) is 3.23. The van der Waals surface area contributed by atoms with Gasteiger partial charge >= 0.3 is 0 Å². The lowest BCUT2D eigenvalue weighted by atomic mass is 9.77. The Morgan fingerprint density at radius 3 is 2.61 bits per heavy atom. The topological polar surface area (TPSA) is 38.8 Å². The van der Waals surface area contributed by atoms with Crippen molar-refractivity contribution in [1.29, 1.82) is 0 Å². The first-order chi connectivity index (χ1) is 13.6. The number of hydrogen-bond acceptors (Lipinski definition) is 3. The van der Waals surface area contributed by atoms with Crippen molar-refractivity contribution in [2.45, 2.75) is 44.6 Å². The molecular formula is C23H26FNO3. The number of rotatable bonds is 5. The van der Waals surface area contributed by atoms with Crippen LogP contribution in [0.4, 0.5) is 4.39 Å². The quantitative estimate of drug-likeness (QED) is 0.765. The van der Waals surface area contributed by atoms with E-state index < -0.39 is 5.41 Å². The van der Waals surface area contributed by atoms with Crippen LogP contribution in [0, 0.1) is 5.82 Å². The van der Waals surface area contributed by atoms with Crippen LogP contribution in [-0.2, 0) is 16.8 Å². The van der Waals surface area contributed by atoms with E-state index in [0.29, 0.717) is 26.3 Å². The van der Waals surface area contributed by atoms with Crippen molar-refractivity contribution in [3.05, 3.63) is 59.4 Å². The van der Waals surface area contributed by atoms with Gasteiger partial charge in [0.05, 0.1) is 5.41 Å². The number of ether oxygens (including phenoxy) is 2. The molecule has 1 aliphatic heterocycles. The van der Waals surface area contributed by atoms with Crippen molar-refractivity contribution in [2.24, 2.45) is 0 Å². The number of para-hydroxylation sites is 1. The number of nitrogens with zero attached hydrogens (tertiary/aromatic N) is 1. The Balaban J connectivity index is 1.65. The fourth-order valence-corrected chi connectivity index (χ4v) is 4.48. The number of carbonyl (C=O) groups is 1. The Morgan fingerprint density at radius 2 is 1.86 bits per heavy atom. The van der Waals surface area contributed by atoms with E-state index in [0.717, 1.165) is 48.3 Å². The third-order valence-corrected chi connectivity index (χ3v) is 5.92. The second kappa shape index (κ2) is 7.82. The molecule has 2 aliphatic rings. The molecule has 0 spiro atoms. The zero-order chi connectivity index (χ0) is 19.6. The van der Waals surface area contributed by atoms with Gasteiger partial charge in [-0.05, 0) is 43.5 Å². The van der Waals surface area contributed by atoms with Crippen LogP contribution in [-0.4, -0.2) is 30.6 Å². The van der Waals surface area contributed by atoms with Crippen molar-refractivity contribution >= 4 is 5.91 Å². The highest BCUT2D eigenvalue weighted by Gasteiger charge is 2.45. The molecule has 28 heavy (non-hydrogen) atoms. The van der Waals surface area contributed by atoms with Crippen molar-refractivity contribution in [1.82, 2.24) is 4.90 Å². The van der Waals surface area contributed by atoms with Crippen molar-refractivity contribution in [2.75, 3.05) is 19.8 Å². The first-order valence-electron chi connectivity index (χ1n) is 10.1. The summed E-state index contributed by atoms with van der Waals surface area (Å²) in [7, 11) is 0. The smallest absolute Gasteiger partial charge is 0.233 e. The number of benzene rings is 2. The fraction of sp³-hybridized carbons (Fsp3) is 0.435. The molecule has 148 valence electrons. The summed E-state index contributed by atoms with van der Waals surface area (Å²) in [6, 6.07) is 12.3. The minimum Gasteiger partial charge on any atom is -0.486 e. The predicted octanol–water partition coefficient (Wildman–Crippen LogP) is 4.46. The van der Waals surface area contributed by atoms with E-state index in [1.54, 1.807) is 6.07 Å². The van der Waals surface area contributed by atoms with Crippen LogP contribution < -0.4 is 9.47 Å². The Morgan fingerprint density at radius 1 is 1.11 bits per heavy atom. The van der Waals surface area contributed by atoms with Crippen LogP contribution in [0.2, 0.25) is 0 Å². The summed E-state index contributed by atoms with van der Waals surface area (Å²) in [5, 5.41) is 0. The standard InChI is InChI=1S/C23H26FNO3/c1-2-25(16-17-7-5-10-20-21(17)28-14-13-27-20)22(26)23(11-3-4-12-23)18-8-6-9-19(24)15-18/h5-10,15H,2-4,11-14,16H2,1H3. The van der Waals surface area contributed by atoms with Gasteiger partial charge in [0.15, 0.2) is 11.5 Å². The molecule has 1 amide bonds. The summed E-state index contributed by atoms with van der Waals surface area (Å²) < 4.78 is 25.4. The van der Waals surface area contributed by atoms with E-state index in [2.05, 4.69) is 0 Å². The molecule has 0 bridgehead atoms. The molecule has 0 unspecified atom stereocenters. The average molecular weight is 383 g/mol. The molecule has 0 aromatic heterocycles. The molecule has 0 N–H and O–H groups in total. The van der Waals surface area contributed by atoms with Crippen LogP contribution in [0.1, 0.15) is 43.7 Å². The molecule has 1 fully saturated rings. The van der Waals surface area contributed by atoms with E-state index in [1.165, 1.54) is 12.1 Å². The normalized spacial score (nSPS) is 17.4. The first kappa shape index (κ1) is 18.8. The molecule has 1 aliphatic carbocycles. The number of likely N-dealkylation sites (N-methyl/N-ethyl adjacent to an activating group) is 1. The van der Waals surface area contributed by atoms with Gasteiger partial charge in [0.1, 0.15) is 19.0 Å². The SMILES string of the molecule is CCN(Cc1cccc2c1OCCO2)C(=O)C1(c2cccc(F)c2)CCCC1. The summed E-state index contributed by atoms with van der Waals surface area (Å²) in [6.45, 7) is 4.07. The van der Waals surface area contributed by atoms with Gasteiger partial charge < -0.3 is 14.4 Å². The highest BCUT2D eigenvalue weighted by atomic mass is 19.1. The lowest BCUT2D eigenvalue weighted by Crippen LogP contribution is -2.45. The highest BCUT2D eigenvalue weighted by molar-refractivity contribution is 5.88. The highest BCUT2D eigenvalue weighted by Crippen LogP contribution is 2.43. The van der Waals surface area contributed by atoms with Crippen molar-refractivity contribution in [3.8, 4) is 11.5 Å². The van der Waals surface area contributed by atoms with Gasteiger partial charge in [-0.1, -0.05) is 37.1 Å². The van der Waals surface area contributed by atoms with E-state index in [9.17, 15) is 9.18 Å². The van der Waals surface area contributed by atoms with Crippen LogP contribution in [0.5, 0.6) is 11.5 Å². The maximum atomic E-state index is 13.9. The van der Waals surface area contributed by atoms with E-state index in [4.69, 9.17) is 9.47 Å². The second-order valence-corrected chi connectivity index (χ2v) is 7.56. The van der Waals surface area contributed by atoms with Crippen LogP contribution >= 0.6 is 0 Å². The second-order valence-electron chi connectivity index (χ2n) is 7.56. The fourth-order valence-electron chi connectivity index (χ4n) is 4.48. The summed E-state index contributed by atoms with van der Waals surface area (Å²) in [4.78, 5) is 15.6. The summed E-state index contributed by atoms with van der Waals surface area (Å²) in [6.07, 6.45) is 3.49.